The van der Waals surface area contributed by atoms with Crippen LogP contribution in [0.25, 0.3) is 11.0 Å². The number of carbonyl (C=O) groups excluding carboxylic acids is 1. The van der Waals surface area contributed by atoms with Crippen molar-refractivity contribution in [3.8, 4) is 0 Å². The Balaban J connectivity index is 1.80. The van der Waals surface area contributed by atoms with Crippen molar-refractivity contribution in [3.05, 3.63) is 40.8 Å². The number of nitrogens with zero attached hydrogens (tertiary/aromatic N) is 3. The van der Waals surface area contributed by atoms with Gasteiger partial charge in [-0.3, -0.25) is 14.2 Å². The van der Waals surface area contributed by atoms with Crippen LogP contribution in [0.2, 0.25) is 0 Å². The first kappa shape index (κ1) is 15.7. The summed E-state index contributed by atoms with van der Waals surface area (Å²) in [6, 6.07) is 7.24. The van der Waals surface area contributed by atoms with Crippen LogP contribution in [-0.2, 0) is 11.3 Å². The first-order chi connectivity index (χ1) is 11.0. The highest BCUT2D eigenvalue weighted by Gasteiger charge is 2.33. The van der Waals surface area contributed by atoms with Crippen LogP contribution >= 0.6 is 0 Å². The molecule has 0 spiro atoms. The molecule has 1 aromatic carbocycles. The largest absolute Gasteiger partial charge is 0.388 e. The van der Waals surface area contributed by atoms with E-state index in [0.29, 0.717) is 17.6 Å². The van der Waals surface area contributed by atoms with Gasteiger partial charge in [0.1, 0.15) is 6.54 Å². The molecule has 1 amide bonds. The third kappa shape index (κ3) is 3.27. The summed E-state index contributed by atoms with van der Waals surface area (Å²) in [4.78, 5) is 30.2. The maximum atomic E-state index is 12.5. The highest BCUT2D eigenvalue weighted by Crippen LogP contribution is 2.29. The summed E-state index contributed by atoms with van der Waals surface area (Å²) in [6.07, 6.45) is 4.67. The molecule has 1 aliphatic rings. The molecular weight excluding hydrogens is 294 g/mol. The Kier molecular flexibility index (Phi) is 4.17. The van der Waals surface area contributed by atoms with Crippen molar-refractivity contribution < 1.29 is 9.90 Å². The van der Waals surface area contributed by atoms with Crippen LogP contribution in [0.15, 0.2) is 35.3 Å². The second-order valence-corrected chi connectivity index (χ2v) is 6.35. The third-order valence-electron chi connectivity index (χ3n) is 4.54. The summed E-state index contributed by atoms with van der Waals surface area (Å²) >= 11 is 0. The lowest BCUT2D eigenvalue weighted by molar-refractivity contribution is -0.133. The topological polar surface area (TPSA) is 75.4 Å². The van der Waals surface area contributed by atoms with E-state index in [1.807, 2.05) is 12.1 Å². The summed E-state index contributed by atoms with van der Waals surface area (Å²) in [5, 5.41) is 10.4. The van der Waals surface area contributed by atoms with Gasteiger partial charge in [0, 0.05) is 13.6 Å². The Hall–Kier alpha value is -2.21. The number of carbonyl (C=O) groups is 1. The molecule has 1 aliphatic carbocycles. The lowest BCUT2D eigenvalue weighted by Gasteiger charge is -2.28. The molecule has 3 rings (SSSR count). The van der Waals surface area contributed by atoms with Gasteiger partial charge in [-0.25, -0.2) is 4.98 Å². The lowest BCUT2D eigenvalue weighted by atomic mass is 10.0. The normalized spacial score (nSPS) is 16.6. The monoisotopic (exact) mass is 315 g/mol. The molecule has 0 unspecified atom stereocenters. The summed E-state index contributed by atoms with van der Waals surface area (Å²) in [6.45, 7) is 0.262. The number of aliphatic hydroxyl groups is 1. The van der Waals surface area contributed by atoms with Crippen molar-refractivity contribution in [2.75, 3.05) is 13.6 Å². The van der Waals surface area contributed by atoms with Gasteiger partial charge in [0.05, 0.1) is 22.8 Å². The van der Waals surface area contributed by atoms with E-state index < -0.39 is 5.60 Å². The molecule has 6 heteroatoms. The Bertz CT molecular complexity index is 778. The Morgan fingerprint density at radius 2 is 2.04 bits per heavy atom. The maximum absolute atomic E-state index is 12.5. The number of hydrogen-bond acceptors (Lipinski definition) is 4. The standard InChI is InChI=1S/C17H21N3O3/c1-19(12-17(23)8-4-5-9-17)16(22)11-20-14-7-3-2-6-13(14)18-10-15(20)21/h2-3,6-7,10,23H,4-5,8-9,11-12H2,1H3. The van der Waals surface area contributed by atoms with Gasteiger partial charge in [-0.05, 0) is 25.0 Å². The second kappa shape index (κ2) is 6.12. The van der Waals surface area contributed by atoms with E-state index in [4.69, 9.17) is 0 Å². The predicted octanol–water partition coefficient (Wildman–Crippen LogP) is 1.16. The molecule has 2 aromatic rings. The van der Waals surface area contributed by atoms with E-state index >= 15 is 0 Å². The fraction of sp³-hybridized carbons (Fsp3) is 0.471. The Morgan fingerprint density at radius 1 is 1.35 bits per heavy atom. The molecule has 1 fully saturated rings. The van der Waals surface area contributed by atoms with Crippen molar-refractivity contribution in [1.82, 2.24) is 14.5 Å². The van der Waals surface area contributed by atoms with Gasteiger partial charge in [-0.2, -0.15) is 0 Å². The summed E-state index contributed by atoms with van der Waals surface area (Å²) in [5.41, 5.74) is 0.235. The van der Waals surface area contributed by atoms with Crippen molar-refractivity contribution in [2.45, 2.75) is 37.8 Å². The van der Waals surface area contributed by atoms with Crippen LogP contribution in [0.4, 0.5) is 0 Å². The molecule has 122 valence electrons. The SMILES string of the molecule is CN(CC1(O)CCCC1)C(=O)Cn1c(=O)cnc2ccccc21. The van der Waals surface area contributed by atoms with E-state index in [1.165, 1.54) is 15.7 Å². The number of aromatic nitrogens is 2. The van der Waals surface area contributed by atoms with Gasteiger partial charge in [0.2, 0.25) is 5.91 Å². The molecule has 23 heavy (non-hydrogen) atoms. The summed E-state index contributed by atoms with van der Waals surface area (Å²) in [7, 11) is 1.67. The first-order valence-electron chi connectivity index (χ1n) is 7.89. The minimum absolute atomic E-state index is 0.0472. The molecule has 0 radical (unpaired) electrons. The number of fused-ring (bicyclic) bond motifs is 1. The van der Waals surface area contributed by atoms with Gasteiger partial charge in [0.25, 0.3) is 5.56 Å². The van der Waals surface area contributed by atoms with E-state index in [1.54, 1.807) is 19.2 Å². The number of likely N-dealkylation sites (N-methyl/N-ethyl adjacent to an activating group) is 1. The zero-order valence-corrected chi connectivity index (χ0v) is 13.2. The number of amides is 1. The Morgan fingerprint density at radius 3 is 2.78 bits per heavy atom. The smallest absolute Gasteiger partial charge is 0.269 e. The fourth-order valence-corrected chi connectivity index (χ4v) is 3.25. The number of benzene rings is 1. The quantitative estimate of drug-likeness (QED) is 0.918. The van der Waals surface area contributed by atoms with Gasteiger partial charge in [-0.15, -0.1) is 0 Å². The van der Waals surface area contributed by atoms with Crippen molar-refractivity contribution >= 4 is 16.9 Å². The zero-order chi connectivity index (χ0) is 16.4. The van der Waals surface area contributed by atoms with E-state index in [2.05, 4.69) is 4.98 Å². The van der Waals surface area contributed by atoms with Crippen LogP contribution in [0.5, 0.6) is 0 Å². The lowest BCUT2D eigenvalue weighted by Crippen LogP contribution is -2.44. The molecule has 0 saturated heterocycles. The predicted molar refractivity (Wildman–Crippen MR) is 87.1 cm³/mol. The van der Waals surface area contributed by atoms with Gasteiger partial charge < -0.3 is 10.0 Å². The Labute approximate surface area is 134 Å². The summed E-state index contributed by atoms with van der Waals surface area (Å²) < 4.78 is 1.43. The molecule has 1 aromatic heterocycles. The zero-order valence-electron chi connectivity index (χ0n) is 13.2. The molecule has 1 saturated carbocycles. The van der Waals surface area contributed by atoms with Crippen molar-refractivity contribution in [3.63, 3.8) is 0 Å². The van der Waals surface area contributed by atoms with Crippen LogP contribution in [0.3, 0.4) is 0 Å². The molecule has 0 bridgehead atoms. The molecular formula is C17H21N3O3. The summed E-state index contributed by atoms with van der Waals surface area (Å²) in [5.74, 6) is -0.191. The van der Waals surface area contributed by atoms with Gasteiger partial charge >= 0.3 is 0 Å². The molecule has 1 heterocycles. The second-order valence-electron chi connectivity index (χ2n) is 6.35. The average Bonchev–Trinajstić information content (AvgIpc) is 2.96. The minimum atomic E-state index is -0.782. The fourth-order valence-electron chi connectivity index (χ4n) is 3.25. The van der Waals surface area contributed by atoms with E-state index in [-0.39, 0.29) is 18.0 Å². The highest BCUT2D eigenvalue weighted by atomic mass is 16.3. The van der Waals surface area contributed by atoms with Crippen molar-refractivity contribution in [1.29, 1.82) is 0 Å². The van der Waals surface area contributed by atoms with Crippen LogP contribution < -0.4 is 5.56 Å². The number of hydrogen-bond donors (Lipinski definition) is 1. The maximum Gasteiger partial charge on any atom is 0.269 e. The van der Waals surface area contributed by atoms with Crippen LogP contribution in [0.1, 0.15) is 25.7 Å². The van der Waals surface area contributed by atoms with E-state index in [0.717, 1.165) is 25.7 Å². The molecule has 6 nitrogen and oxygen atoms in total. The van der Waals surface area contributed by atoms with Gasteiger partial charge in [0.15, 0.2) is 0 Å². The number of rotatable bonds is 4. The molecule has 1 N–H and O–H groups in total. The number of para-hydroxylation sites is 2. The van der Waals surface area contributed by atoms with Crippen LogP contribution in [0, 0.1) is 0 Å². The van der Waals surface area contributed by atoms with Crippen molar-refractivity contribution in [2.24, 2.45) is 0 Å². The molecule has 0 aliphatic heterocycles. The average molecular weight is 315 g/mol. The van der Waals surface area contributed by atoms with Gasteiger partial charge in [-0.1, -0.05) is 25.0 Å². The first-order valence-corrected chi connectivity index (χ1v) is 7.89. The highest BCUT2D eigenvalue weighted by molar-refractivity contribution is 5.80. The third-order valence-corrected chi connectivity index (χ3v) is 4.54. The minimum Gasteiger partial charge on any atom is -0.388 e. The van der Waals surface area contributed by atoms with E-state index in [9.17, 15) is 14.7 Å². The molecule has 0 atom stereocenters. The van der Waals surface area contributed by atoms with Crippen LogP contribution in [-0.4, -0.2) is 44.7 Å².